The van der Waals surface area contributed by atoms with Crippen LogP contribution in [0.4, 0.5) is 0 Å². The second kappa shape index (κ2) is 5.73. The summed E-state index contributed by atoms with van der Waals surface area (Å²) in [5.74, 6) is 1.40. The highest BCUT2D eigenvalue weighted by molar-refractivity contribution is 5.94. The Kier molecular flexibility index (Phi) is 4.02. The summed E-state index contributed by atoms with van der Waals surface area (Å²) in [5.41, 5.74) is 1.51. The van der Waals surface area contributed by atoms with E-state index in [9.17, 15) is 4.79 Å². The second-order valence-electron chi connectivity index (χ2n) is 4.55. The number of hydrogen-bond donors (Lipinski definition) is 1. The van der Waals surface area contributed by atoms with Gasteiger partial charge in [-0.25, -0.2) is 0 Å². The number of amides is 1. The lowest BCUT2D eigenvalue weighted by Gasteiger charge is -2.11. The molecule has 0 aliphatic rings. The van der Waals surface area contributed by atoms with Crippen molar-refractivity contribution in [2.75, 3.05) is 7.11 Å². The van der Waals surface area contributed by atoms with Gasteiger partial charge in [0.15, 0.2) is 5.82 Å². The number of aryl methyl sites for hydroxylation is 2. The van der Waals surface area contributed by atoms with Gasteiger partial charge in [-0.3, -0.25) is 4.79 Å². The van der Waals surface area contributed by atoms with Crippen molar-refractivity contribution in [3.8, 4) is 5.75 Å². The fourth-order valence-corrected chi connectivity index (χ4v) is 1.80. The molecule has 0 unspecified atom stereocenters. The van der Waals surface area contributed by atoms with E-state index in [1.54, 1.807) is 33.1 Å². The average molecular weight is 275 g/mol. The Labute approximate surface area is 117 Å². The van der Waals surface area contributed by atoms with Gasteiger partial charge in [0.2, 0.25) is 5.89 Å². The van der Waals surface area contributed by atoms with Gasteiger partial charge < -0.3 is 14.6 Å². The monoisotopic (exact) mass is 275 g/mol. The van der Waals surface area contributed by atoms with Crippen LogP contribution in [-0.2, 0) is 0 Å². The quantitative estimate of drug-likeness (QED) is 0.925. The van der Waals surface area contributed by atoms with Gasteiger partial charge >= 0.3 is 0 Å². The third kappa shape index (κ3) is 2.96. The SMILES string of the molecule is COc1cc(C(=O)N[C@H](C)c2noc(C)n2)ccc1C. The van der Waals surface area contributed by atoms with Gasteiger partial charge in [0.05, 0.1) is 13.2 Å². The molecule has 1 aromatic carbocycles. The molecule has 1 amide bonds. The molecule has 1 N–H and O–H groups in total. The van der Waals surface area contributed by atoms with Crippen LogP contribution in [0.2, 0.25) is 0 Å². The molecule has 6 heteroatoms. The number of ether oxygens (including phenoxy) is 1. The molecular weight excluding hydrogens is 258 g/mol. The van der Waals surface area contributed by atoms with E-state index in [0.717, 1.165) is 5.56 Å². The highest BCUT2D eigenvalue weighted by Crippen LogP contribution is 2.19. The lowest BCUT2D eigenvalue weighted by molar-refractivity contribution is 0.0937. The van der Waals surface area contributed by atoms with Crippen molar-refractivity contribution in [2.24, 2.45) is 0 Å². The van der Waals surface area contributed by atoms with E-state index in [1.807, 2.05) is 13.0 Å². The molecule has 0 bridgehead atoms. The van der Waals surface area contributed by atoms with Crippen molar-refractivity contribution in [3.05, 3.63) is 41.0 Å². The Morgan fingerprint density at radius 2 is 2.15 bits per heavy atom. The molecule has 0 spiro atoms. The van der Waals surface area contributed by atoms with Crippen LogP contribution < -0.4 is 10.1 Å². The number of benzene rings is 1. The molecule has 0 aliphatic carbocycles. The number of nitrogens with one attached hydrogen (secondary N) is 1. The maximum Gasteiger partial charge on any atom is 0.251 e. The largest absolute Gasteiger partial charge is 0.496 e. The summed E-state index contributed by atoms with van der Waals surface area (Å²) in [6.45, 7) is 5.43. The number of aromatic nitrogens is 2. The van der Waals surface area contributed by atoms with Gasteiger partial charge in [-0.05, 0) is 31.5 Å². The Morgan fingerprint density at radius 3 is 2.75 bits per heavy atom. The molecule has 0 aliphatic heterocycles. The molecule has 20 heavy (non-hydrogen) atoms. The number of carbonyl (C=O) groups excluding carboxylic acids is 1. The molecule has 1 atom stereocenters. The van der Waals surface area contributed by atoms with E-state index in [1.165, 1.54) is 0 Å². The lowest BCUT2D eigenvalue weighted by atomic mass is 10.1. The molecule has 2 rings (SSSR count). The first kappa shape index (κ1) is 14.0. The van der Waals surface area contributed by atoms with E-state index in [4.69, 9.17) is 9.26 Å². The molecule has 0 saturated heterocycles. The first-order valence-electron chi connectivity index (χ1n) is 6.27. The van der Waals surface area contributed by atoms with Gasteiger partial charge in [-0.2, -0.15) is 4.98 Å². The van der Waals surface area contributed by atoms with Crippen molar-refractivity contribution >= 4 is 5.91 Å². The molecule has 1 heterocycles. The predicted molar refractivity (Wildman–Crippen MR) is 72.6 cm³/mol. The van der Waals surface area contributed by atoms with E-state index in [-0.39, 0.29) is 11.9 Å². The summed E-state index contributed by atoms with van der Waals surface area (Å²) in [6, 6.07) is 4.98. The molecule has 0 saturated carbocycles. The van der Waals surface area contributed by atoms with Crippen LogP contribution in [0.15, 0.2) is 22.7 Å². The Morgan fingerprint density at radius 1 is 1.40 bits per heavy atom. The van der Waals surface area contributed by atoms with Gasteiger partial charge in [-0.1, -0.05) is 11.2 Å². The summed E-state index contributed by atoms with van der Waals surface area (Å²) in [7, 11) is 1.58. The molecule has 6 nitrogen and oxygen atoms in total. The van der Waals surface area contributed by atoms with E-state index < -0.39 is 0 Å². The molecule has 1 aromatic heterocycles. The number of nitrogens with zero attached hydrogens (tertiary/aromatic N) is 2. The van der Waals surface area contributed by atoms with Crippen LogP contribution in [0.3, 0.4) is 0 Å². The zero-order valence-corrected chi connectivity index (χ0v) is 11.9. The maximum atomic E-state index is 12.2. The topological polar surface area (TPSA) is 77.2 Å². The van der Waals surface area contributed by atoms with E-state index in [2.05, 4.69) is 15.5 Å². The third-order valence-electron chi connectivity index (χ3n) is 2.95. The third-order valence-corrected chi connectivity index (χ3v) is 2.95. The van der Waals surface area contributed by atoms with Crippen LogP contribution >= 0.6 is 0 Å². The highest BCUT2D eigenvalue weighted by Gasteiger charge is 2.16. The first-order chi connectivity index (χ1) is 9.51. The minimum absolute atomic E-state index is 0.210. The van der Waals surface area contributed by atoms with Crippen LogP contribution in [0, 0.1) is 13.8 Å². The number of rotatable bonds is 4. The fourth-order valence-electron chi connectivity index (χ4n) is 1.80. The molecule has 106 valence electrons. The Balaban J connectivity index is 2.12. The zero-order valence-electron chi connectivity index (χ0n) is 11.9. The minimum atomic E-state index is -0.327. The van der Waals surface area contributed by atoms with Crippen LogP contribution in [0.5, 0.6) is 5.75 Å². The van der Waals surface area contributed by atoms with Crippen molar-refractivity contribution in [3.63, 3.8) is 0 Å². The zero-order chi connectivity index (χ0) is 14.7. The molecule has 2 aromatic rings. The normalized spacial score (nSPS) is 12.0. The fraction of sp³-hybridized carbons (Fsp3) is 0.357. The van der Waals surface area contributed by atoms with Crippen molar-refractivity contribution in [1.29, 1.82) is 0 Å². The minimum Gasteiger partial charge on any atom is -0.496 e. The van der Waals surface area contributed by atoms with Crippen LogP contribution in [0.1, 0.15) is 40.6 Å². The van der Waals surface area contributed by atoms with Gasteiger partial charge in [0.25, 0.3) is 5.91 Å². The Bertz CT molecular complexity index is 622. The van der Waals surface area contributed by atoms with E-state index in [0.29, 0.717) is 23.0 Å². The first-order valence-corrected chi connectivity index (χ1v) is 6.27. The average Bonchev–Trinajstić information content (AvgIpc) is 2.86. The summed E-state index contributed by atoms with van der Waals surface area (Å²) in [6.07, 6.45) is 0. The molecular formula is C14H17N3O3. The summed E-state index contributed by atoms with van der Waals surface area (Å²) in [4.78, 5) is 16.2. The molecule has 0 fully saturated rings. The molecule has 0 radical (unpaired) electrons. The second-order valence-corrected chi connectivity index (χ2v) is 4.55. The van der Waals surface area contributed by atoms with Crippen molar-refractivity contribution < 1.29 is 14.1 Å². The number of methoxy groups -OCH3 is 1. The standard InChI is InChI=1S/C14H17N3O3/c1-8-5-6-11(7-12(8)19-4)14(18)15-9(2)13-16-10(3)20-17-13/h5-7,9H,1-4H3,(H,15,18)/t9-/m1/s1. The summed E-state index contributed by atoms with van der Waals surface area (Å²) in [5, 5.41) is 6.60. The van der Waals surface area contributed by atoms with Crippen molar-refractivity contribution in [2.45, 2.75) is 26.8 Å². The van der Waals surface area contributed by atoms with Gasteiger partial charge in [-0.15, -0.1) is 0 Å². The van der Waals surface area contributed by atoms with Gasteiger partial charge in [0.1, 0.15) is 5.75 Å². The van der Waals surface area contributed by atoms with Crippen LogP contribution in [-0.4, -0.2) is 23.2 Å². The maximum absolute atomic E-state index is 12.2. The lowest BCUT2D eigenvalue weighted by Crippen LogP contribution is -2.27. The van der Waals surface area contributed by atoms with E-state index >= 15 is 0 Å². The summed E-state index contributed by atoms with van der Waals surface area (Å²) < 4.78 is 10.1. The smallest absolute Gasteiger partial charge is 0.251 e. The summed E-state index contributed by atoms with van der Waals surface area (Å²) >= 11 is 0. The number of carbonyl (C=O) groups is 1. The Hall–Kier alpha value is -2.37. The van der Waals surface area contributed by atoms with Crippen molar-refractivity contribution in [1.82, 2.24) is 15.5 Å². The van der Waals surface area contributed by atoms with Crippen LogP contribution in [0.25, 0.3) is 0 Å². The number of hydrogen-bond acceptors (Lipinski definition) is 5. The predicted octanol–water partition coefficient (Wildman–Crippen LogP) is 2.19. The van der Waals surface area contributed by atoms with Gasteiger partial charge in [0, 0.05) is 12.5 Å². The highest BCUT2D eigenvalue weighted by atomic mass is 16.5.